The van der Waals surface area contributed by atoms with Gasteiger partial charge in [0, 0.05) is 17.6 Å². The summed E-state index contributed by atoms with van der Waals surface area (Å²) in [4.78, 5) is 0. The predicted octanol–water partition coefficient (Wildman–Crippen LogP) is 3.39. The first-order valence-electron chi connectivity index (χ1n) is 6.13. The molecule has 0 saturated heterocycles. The maximum absolute atomic E-state index is 13.3. The van der Waals surface area contributed by atoms with Crippen LogP contribution < -0.4 is 5.32 Å². The highest BCUT2D eigenvalue weighted by molar-refractivity contribution is 9.10. The fraction of sp³-hybridized carbons (Fsp3) is 0.571. The topological polar surface area (TPSA) is 21.3 Å². The van der Waals surface area contributed by atoms with Gasteiger partial charge in [0.25, 0.3) is 0 Å². The summed E-state index contributed by atoms with van der Waals surface area (Å²) >= 11 is 3.46. The van der Waals surface area contributed by atoms with Gasteiger partial charge in [-0.15, -0.1) is 0 Å². The minimum atomic E-state index is -0.207. The van der Waals surface area contributed by atoms with E-state index in [0.29, 0.717) is 5.92 Å². The molecule has 2 nitrogen and oxygen atoms in total. The lowest BCUT2D eigenvalue weighted by Gasteiger charge is -2.29. The molecule has 1 aromatic rings. The van der Waals surface area contributed by atoms with Crippen molar-refractivity contribution in [3.05, 3.63) is 34.1 Å². The highest BCUT2D eigenvalue weighted by Gasteiger charge is 2.23. The zero-order valence-corrected chi connectivity index (χ0v) is 12.9. The Balaban J connectivity index is 2.88. The predicted molar refractivity (Wildman–Crippen MR) is 76.3 cm³/mol. The quantitative estimate of drug-likeness (QED) is 0.868. The van der Waals surface area contributed by atoms with Crippen LogP contribution in [0.2, 0.25) is 0 Å². The molecule has 1 aromatic carbocycles. The highest BCUT2D eigenvalue weighted by Crippen LogP contribution is 2.22. The van der Waals surface area contributed by atoms with Gasteiger partial charge in [0.05, 0.1) is 6.10 Å². The van der Waals surface area contributed by atoms with Crippen molar-refractivity contribution in [1.29, 1.82) is 0 Å². The number of benzene rings is 1. The van der Waals surface area contributed by atoms with Gasteiger partial charge in [0.1, 0.15) is 5.82 Å². The van der Waals surface area contributed by atoms with Gasteiger partial charge in [0.2, 0.25) is 0 Å². The third kappa shape index (κ3) is 4.04. The van der Waals surface area contributed by atoms with Gasteiger partial charge >= 0.3 is 0 Å². The molecule has 0 spiro atoms. The van der Waals surface area contributed by atoms with Crippen LogP contribution >= 0.6 is 15.9 Å². The molecular weight excluding hydrogens is 297 g/mol. The summed E-state index contributed by atoms with van der Waals surface area (Å²) in [6.07, 6.45) is 0.830. The second-order valence-electron chi connectivity index (χ2n) is 4.78. The number of hydrogen-bond donors (Lipinski definition) is 1. The molecule has 2 atom stereocenters. The highest BCUT2D eigenvalue weighted by atomic mass is 79.9. The van der Waals surface area contributed by atoms with Gasteiger partial charge in [-0.05, 0) is 43.1 Å². The smallest absolute Gasteiger partial charge is 0.123 e. The first-order chi connectivity index (χ1) is 8.49. The van der Waals surface area contributed by atoms with E-state index in [2.05, 4.69) is 35.1 Å². The van der Waals surface area contributed by atoms with E-state index in [1.54, 1.807) is 19.2 Å². The zero-order valence-electron chi connectivity index (χ0n) is 11.3. The van der Waals surface area contributed by atoms with Crippen molar-refractivity contribution < 1.29 is 9.13 Å². The van der Waals surface area contributed by atoms with Crippen molar-refractivity contribution in [2.75, 3.05) is 14.2 Å². The van der Waals surface area contributed by atoms with E-state index in [1.807, 2.05) is 7.05 Å². The molecule has 0 fully saturated rings. The number of nitrogens with one attached hydrogen (secondary N) is 1. The number of halogens is 2. The average Bonchev–Trinajstić information content (AvgIpc) is 2.32. The number of methoxy groups -OCH3 is 1. The monoisotopic (exact) mass is 317 g/mol. The maximum atomic E-state index is 13.3. The molecule has 18 heavy (non-hydrogen) atoms. The Morgan fingerprint density at radius 3 is 2.56 bits per heavy atom. The Labute approximate surface area is 117 Å². The normalized spacial score (nSPS) is 14.8. The van der Waals surface area contributed by atoms with Crippen molar-refractivity contribution in [3.8, 4) is 0 Å². The van der Waals surface area contributed by atoms with Crippen LogP contribution in [0, 0.1) is 11.7 Å². The molecule has 0 aliphatic carbocycles. The lowest BCUT2D eigenvalue weighted by molar-refractivity contribution is 0.0353. The Hall–Kier alpha value is -0.450. The first-order valence-corrected chi connectivity index (χ1v) is 6.92. The Bertz CT molecular complexity index is 384. The molecular formula is C14H21BrFNO. The van der Waals surface area contributed by atoms with E-state index < -0.39 is 0 Å². The minimum Gasteiger partial charge on any atom is -0.380 e. The van der Waals surface area contributed by atoms with Crippen molar-refractivity contribution in [3.63, 3.8) is 0 Å². The standard InChI is InChI=1S/C14H21BrFNO/c1-9(2)14(18-4)13(17-3)8-10-7-11(16)5-6-12(10)15/h5-7,9,13-14,17H,8H2,1-4H3. The Kier molecular flexibility index (Phi) is 6.26. The van der Waals surface area contributed by atoms with E-state index >= 15 is 0 Å². The second-order valence-corrected chi connectivity index (χ2v) is 5.63. The maximum Gasteiger partial charge on any atom is 0.123 e. The molecule has 1 rings (SSSR count). The summed E-state index contributed by atoms with van der Waals surface area (Å²) in [5.41, 5.74) is 0.956. The average molecular weight is 318 g/mol. The molecule has 0 aliphatic heterocycles. The number of rotatable bonds is 6. The van der Waals surface area contributed by atoms with Crippen molar-refractivity contribution >= 4 is 15.9 Å². The van der Waals surface area contributed by atoms with Crippen LogP contribution in [0.3, 0.4) is 0 Å². The number of likely N-dealkylation sites (N-methyl/N-ethyl adjacent to an activating group) is 1. The third-order valence-electron chi connectivity index (χ3n) is 3.14. The minimum absolute atomic E-state index is 0.102. The van der Waals surface area contributed by atoms with Crippen LogP contribution in [0.1, 0.15) is 19.4 Å². The van der Waals surface area contributed by atoms with Gasteiger partial charge in [-0.2, -0.15) is 0 Å². The molecule has 0 aliphatic rings. The summed E-state index contributed by atoms with van der Waals surface area (Å²) in [5, 5.41) is 3.26. The molecule has 102 valence electrons. The summed E-state index contributed by atoms with van der Waals surface area (Å²) in [7, 11) is 3.63. The number of ether oxygens (including phenoxy) is 1. The molecule has 0 aromatic heterocycles. The summed E-state index contributed by atoms with van der Waals surface area (Å²) in [6.45, 7) is 4.25. The van der Waals surface area contributed by atoms with Gasteiger partial charge in [-0.25, -0.2) is 4.39 Å². The Morgan fingerprint density at radius 1 is 1.39 bits per heavy atom. The molecule has 0 heterocycles. The van der Waals surface area contributed by atoms with Crippen LogP contribution in [0.15, 0.2) is 22.7 Å². The van der Waals surface area contributed by atoms with Crippen LogP contribution in [0.25, 0.3) is 0 Å². The van der Waals surface area contributed by atoms with Crippen molar-refractivity contribution in [1.82, 2.24) is 5.32 Å². The zero-order chi connectivity index (χ0) is 13.7. The van der Waals surface area contributed by atoms with Gasteiger partial charge in [-0.3, -0.25) is 0 Å². The molecule has 0 amide bonds. The van der Waals surface area contributed by atoms with E-state index in [-0.39, 0.29) is 18.0 Å². The van der Waals surface area contributed by atoms with Crippen LogP contribution in [0.5, 0.6) is 0 Å². The largest absolute Gasteiger partial charge is 0.380 e. The third-order valence-corrected chi connectivity index (χ3v) is 3.92. The van der Waals surface area contributed by atoms with Crippen LogP contribution in [-0.4, -0.2) is 26.3 Å². The van der Waals surface area contributed by atoms with Gasteiger partial charge in [-0.1, -0.05) is 29.8 Å². The summed E-state index contributed by atoms with van der Waals surface area (Å²) < 4.78 is 19.7. The lowest BCUT2D eigenvalue weighted by atomic mass is 9.94. The summed E-state index contributed by atoms with van der Waals surface area (Å²) in [6, 6.07) is 4.93. The second kappa shape index (κ2) is 7.22. The molecule has 4 heteroatoms. The van der Waals surface area contributed by atoms with E-state index in [0.717, 1.165) is 16.5 Å². The molecule has 0 radical (unpaired) electrons. The molecule has 2 unspecified atom stereocenters. The lowest BCUT2D eigenvalue weighted by Crippen LogP contribution is -2.43. The van der Waals surface area contributed by atoms with Gasteiger partial charge < -0.3 is 10.1 Å². The first kappa shape index (κ1) is 15.6. The Morgan fingerprint density at radius 2 is 2.06 bits per heavy atom. The van der Waals surface area contributed by atoms with E-state index in [9.17, 15) is 4.39 Å². The van der Waals surface area contributed by atoms with Gasteiger partial charge in [0.15, 0.2) is 0 Å². The SMILES string of the molecule is CNC(Cc1cc(F)ccc1Br)C(OC)C(C)C. The fourth-order valence-corrected chi connectivity index (χ4v) is 2.63. The van der Waals surface area contributed by atoms with Crippen molar-refractivity contribution in [2.45, 2.75) is 32.4 Å². The summed E-state index contributed by atoms with van der Waals surface area (Å²) in [5.74, 6) is 0.196. The van der Waals surface area contributed by atoms with Crippen LogP contribution in [0.4, 0.5) is 4.39 Å². The fourth-order valence-electron chi connectivity index (χ4n) is 2.22. The van der Waals surface area contributed by atoms with Crippen molar-refractivity contribution in [2.24, 2.45) is 5.92 Å². The van der Waals surface area contributed by atoms with E-state index in [4.69, 9.17) is 4.74 Å². The molecule has 1 N–H and O–H groups in total. The number of hydrogen-bond acceptors (Lipinski definition) is 2. The van der Waals surface area contributed by atoms with Crippen LogP contribution in [-0.2, 0) is 11.2 Å². The molecule has 0 bridgehead atoms. The van der Waals surface area contributed by atoms with E-state index in [1.165, 1.54) is 6.07 Å². The molecule has 0 saturated carbocycles.